The second-order valence-electron chi connectivity index (χ2n) is 4.34. The summed E-state index contributed by atoms with van der Waals surface area (Å²) in [6.07, 6.45) is 1.52. The Kier molecular flexibility index (Phi) is 3.28. The Morgan fingerprint density at radius 3 is 2.71 bits per heavy atom. The summed E-state index contributed by atoms with van der Waals surface area (Å²) in [5.74, 6) is -0.325. The van der Waals surface area contributed by atoms with Gasteiger partial charge >= 0.3 is 0 Å². The van der Waals surface area contributed by atoms with Gasteiger partial charge in [0.25, 0.3) is 5.91 Å². The van der Waals surface area contributed by atoms with Crippen molar-refractivity contribution in [3.8, 4) is 5.75 Å². The van der Waals surface area contributed by atoms with Gasteiger partial charge in [-0.1, -0.05) is 0 Å². The van der Waals surface area contributed by atoms with Crippen molar-refractivity contribution in [1.29, 1.82) is 0 Å². The van der Waals surface area contributed by atoms with Gasteiger partial charge in [-0.15, -0.1) is 0 Å². The summed E-state index contributed by atoms with van der Waals surface area (Å²) in [4.78, 5) is 17.7. The van der Waals surface area contributed by atoms with Crippen molar-refractivity contribution in [2.45, 2.75) is 26.1 Å². The molecule has 5 nitrogen and oxygen atoms in total. The third-order valence-electron chi connectivity index (χ3n) is 2.70. The number of aromatic hydroxyl groups is 1. The van der Waals surface area contributed by atoms with Crippen LogP contribution in [-0.2, 0) is 4.74 Å². The van der Waals surface area contributed by atoms with Crippen LogP contribution in [0.4, 0.5) is 0 Å². The lowest BCUT2D eigenvalue weighted by Gasteiger charge is -2.35. The van der Waals surface area contributed by atoms with E-state index in [1.807, 2.05) is 13.8 Å². The zero-order valence-electron chi connectivity index (χ0n) is 9.96. The lowest BCUT2D eigenvalue weighted by Crippen LogP contribution is -2.48. The standard InChI is InChI=1S/C12H16N2O3/c1-8-6-14(7-9(2)17-8)12(16)11-10(15)4-3-5-13-11/h3-5,8-9,15H,6-7H2,1-2H3. The Labute approximate surface area is 100 Å². The number of carbonyl (C=O) groups excluding carboxylic acids is 1. The predicted molar refractivity (Wildman–Crippen MR) is 61.8 cm³/mol. The molecule has 2 rings (SSSR count). The first-order valence-corrected chi connectivity index (χ1v) is 5.66. The maximum atomic E-state index is 12.2. The molecular formula is C12H16N2O3. The zero-order valence-corrected chi connectivity index (χ0v) is 9.96. The number of ether oxygens (including phenoxy) is 1. The number of nitrogens with zero attached hydrogens (tertiary/aromatic N) is 2. The van der Waals surface area contributed by atoms with Gasteiger partial charge in [-0.05, 0) is 26.0 Å². The highest BCUT2D eigenvalue weighted by atomic mass is 16.5. The van der Waals surface area contributed by atoms with E-state index in [-0.39, 0.29) is 29.6 Å². The van der Waals surface area contributed by atoms with Crippen LogP contribution in [0.5, 0.6) is 5.75 Å². The van der Waals surface area contributed by atoms with Gasteiger partial charge in [0.1, 0.15) is 5.75 Å². The van der Waals surface area contributed by atoms with Crippen LogP contribution in [0.2, 0.25) is 0 Å². The van der Waals surface area contributed by atoms with E-state index in [2.05, 4.69) is 4.98 Å². The molecule has 5 heteroatoms. The fourth-order valence-electron chi connectivity index (χ4n) is 2.06. The Balaban J connectivity index is 2.17. The molecule has 1 aliphatic heterocycles. The molecule has 1 fully saturated rings. The summed E-state index contributed by atoms with van der Waals surface area (Å²) in [5.41, 5.74) is 0.105. The average Bonchev–Trinajstić information content (AvgIpc) is 2.27. The summed E-state index contributed by atoms with van der Waals surface area (Å²) in [6.45, 7) is 4.90. The van der Waals surface area contributed by atoms with E-state index in [9.17, 15) is 9.90 Å². The van der Waals surface area contributed by atoms with Gasteiger partial charge in [-0.2, -0.15) is 0 Å². The third kappa shape index (κ3) is 2.55. The SMILES string of the molecule is CC1CN(C(=O)c2ncccc2O)CC(C)O1. The first kappa shape index (κ1) is 11.9. The molecule has 0 spiro atoms. The lowest BCUT2D eigenvalue weighted by atomic mass is 10.2. The van der Waals surface area contributed by atoms with Gasteiger partial charge in [-0.3, -0.25) is 4.79 Å². The fraction of sp³-hybridized carbons (Fsp3) is 0.500. The number of amides is 1. The van der Waals surface area contributed by atoms with Crippen molar-refractivity contribution < 1.29 is 14.6 Å². The Morgan fingerprint density at radius 2 is 2.12 bits per heavy atom. The topological polar surface area (TPSA) is 62.7 Å². The van der Waals surface area contributed by atoms with Gasteiger partial charge in [0.05, 0.1) is 12.2 Å². The predicted octanol–water partition coefficient (Wildman–Crippen LogP) is 1.04. The second kappa shape index (κ2) is 4.71. The molecule has 0 radical (unpaired) electrons. The van der Waals surface area contributed by atoms with Gasteiger partial charge in [0.15, 0.2) is 5.69 Å². The van der Waals surface area contributed by atoms with Crippen LogP contribution in [0.1, 0.15) is 24.3 Å². The molecule has 17 heavy (non-hydrogen) atoms. The van der Waals surface area contributed by atoms with Gasteiger partial charge in [0, 0.05) is 19.3 Å². The highest BCUT2D eigenvalue weighted by Gasteiger charge is 2.28. The van der Waals surface area contributed by atoms with E-state index in [1.165, 1.54) is 12.3 Å². The number of carbonyl (C=O) groups is 1. The molecule has 0 bridgehead atoms. The van der Waals surface area contributed by atoms with E-state index in [0.29, 0.717) is 13.1 Å². The molecule has 1 aromatic heterocycles. The molecule has 0 aliphatic carbocycles. The van der Waals surface area contributed by atoms with Crippen molar-refractivity contribution in [3.05, 3.63) is 24.0 Å². The van der Waals surface area contributed by atoms with E-state index in [0.717, 1.165) is 0 Å². The average molecular weight is 236 g/mol. The third-order valence-corrected chi connectivity index (χ3v) is 2.70. The highest BCUT2D eigenvalue weighted by molar-refractivity contribution is 5.94. The maximum Gasteiger partial charge on any atom is 0.276 e. The summed E-state index contributed by atoms with van der Waals surface area (Å²) >= 11 is 0. The van der Waals surface area contributed by atoms with Crippen molar-refractivity contribution >= 4 is 5.91 Å². The Morgan fingerprint density at radius 1 is 1.47 bits per heavy atom. The molecule has 0 aromatic carbocycles. The normalized spacial score (nSPS) is 24.7. The largest absolute Gasteiger partial charge is 0.505 e. The van der Waals surface area contributed by atoms with Crippen LogP contribution in [0.15, 0.2) is 18.3 Å². The highest BCUT2D eigenvalue weighted by Crippen LogP contribution is 2.18. The number of morpholine rings is 1. The van der Waals surface area contributed by atoms with Crippen LogP contribution in [0.3, 0.4) is 0 Å². The van der Waals surface area contributed by atoms with Crippen molar-refractivity contribution in [3.63, 3.8) is 0 Å². The summed E-state index contributed by atoms with van der Waals surface area (Å²) in [6, 6.07) is 3.06. The van der Waals surface area contributed by atoms with Gasteiger partial charge < -0.3 is 14.7 Å². The van der Waals surface area contributed by atoms with E-state index in [1.54, 1.807) is 11.0 Å². The minimum atomic E-state index is -0.245. The number of hydrogen-bond donors (Lipinski definition) is 1. The first-order chi connectivity index (χ1) is 8.08. The van der Waals surface area contributed by atoms with E-state index < -0.39 is 0 Å². The van der Waals surface area contributed by atoms with Crippen LogP contribution in [-0.4, -0.2) is 46.2 Å². The molecule has 2 unspecified atom stereocenters. The molecule has 92 valence electrons. The summed E-state index contributed by atoms with van der Waals surface area (Å²) in [7, 11) is 0. The summed E-state index contributed by atoms with van der Waals surface area (Å²) < 4.78 is 5.56. The first-order valence-electron chi connectivity index (χ1n) is 5.66. The van der Waals surface area contributed by atoms with Crippen molar-refractivity contribution in [1.82, 2.24) is 9.88 Å². The van der Waals surface area contributed by atoms with E-state index in [4.69, 9.17) is 4.74 Å². The van der Waals surface area contributed by atoms with Crippen LogP contribution < -0.4 is 0 Å². The number of pyridine rings is 1. The number of aromatic nitrogens is 1. The lowest BCUT2D eigenvalue weighted by molar-refractivity contribution is -0.0588. The monoisotopic (exact) mass is 236 g/mol. The Hall–Kier alpha value is -1.62. The molecule has 1 saturated heterocycles. The van der Waals surface area contributed by atoms with Crippen molar-refractivity contribution in [2.24, 2.45) is 0 Å². The summed E-state index contributed by atoms with van der Waals surface area (Å²) in [5, 5.41) is 9.60. The van der Waals surface area contributed by atoms with Crippen LogP contribution >= 0.6 is 0 Å². The molecule has 2 heterocycles. The van der Waals surface area contributed by atoms with Crippen LogP contribution in [0.25, 0.3) is 0 Å². The molecule has 1 aliphatic rings. The fourth-order valence-corrected chi connectivity index (χ4v) is 2.06. The van der Waals surface area contributed by atoms with E-state index >= 15 is 0 Å². The molecule has 0 saturated carbocycles. The minimum absolute atomic E-state index is 0.00792. The molecular weight excluding hydrogens is 220 g/mol. The molecule has 1 aromatic rings. The molecule has 1 N–H and O–H groups in total. The smallest absolute Gasteiger partial charge is 0.276 e. The van der Waals surface area contributed by atoms with Crippen molar-refractivity contribution in [2.75, 3.05) is 13.1 Å². The maximum absolute atomic E-state index is 12.2. The zero-order chi connectivity index (χ0) is 12.4. The Bertz CT molecular complexity index is 412. The minimum Gasteiger partial charge on any atom is -0.505 e. The quantitative estimate of drug-likeness (QED) is 0.791. The second-order valence-corrected chi connectivity index (χ2v) is 4.34. The number of rotatable bonds is 1. The molecule has 1 amide bonds. The van der Waals surface area contributed by atoms with Crippen LogP contribution in [0, 0.1) is 0 Å². The number of hydrogen-bond acceptors (Lipinski definition) is 4. The van der Waals surface area contributed by atoms with Gasteiger partial charge in [-0.25, -0.2) is 4.98 Å². The van der Waals surface area contributed by atoms with Gasteiger partial charge in [0.2, 0.25) is 0 Å². The molecule has 2 atom stereocenters.